The summed E-state index contributed by atoms with van der Waals surface area (Å²) in [7, 11) is 0. The summed E-state index contributed by atoms with van der Waals surface area (Å²) in [5, 5.41) is 21.2. The number of rotatable bonds is 4. The second-order valence-electron chi connectivity index (χ2n) is 5.24. The minimum atomic E-state index is -1.05. The fourth-order valence-corrected chi connectivity index (χ4v) is 1.44. The maximum Gasteiger partial charge on any atom is 0.339 e. The fourth-order valence-electron chi connectivity index (χ4n) is 1.44. The first kappa shape index (κ1) is 14.4. The molecule has 1 heterocycles. The summed E-state index contributed by atoms with van der Waals surface area (Å²) in [5.74, 6) is -0.722. The Labute approximate surface area is 106 Å². The minimum Gasteiger partial charge on any atom is -0.478 e. The van der Waals surface area contributed by atoms with Crippen LogP contribution in [0.5, 0.6) is 0 Å². The number of carboxylic acid groups (broad SMARTS) is 1. The molecule has 0 fully saturated rings. The summed E-state index contributed by atoms with van der Waals surface area (Å²) in [5.41, 5.74) is 0.319. The molecular formula is C12H19N3O3. The van der Waals surface area contributed by atoms with E-state index in [1.807, 2.05) is 20.8 Å². The van der Waals surface area contributed by atoms with Gasteiger partial charge in [-0.2, -0.15) is 0 Å². The number of carboxylic acids is 1. The van der Waals surface area contributed by atoms with Crippen molar-refractivity contribution >= 4 is 11.9 Å². The van der Waals surface area contributed by atoms with E-state index in [2.05, 4.69) is 15.3 Å². The van der Waals surface area contributed by atoms with Crippen molar-refractivity contribution in [3.05, 3.63) is 17.5 Å². The highest BCUT2D eigenvalue weighted by atomic mass is 16.4. The maximum absolute atomic E-state index is 10.8. The molecule has 0 bridgehead atoms. The minimum absolute atomic E-state index is 0.0490. The number of aromatic carboxylic acids is 1. The smallest absolute Gasteiger partial charge is 0.339 e. The Morgan fingerprint density at radius 3 is 2.50 bits per heavy atom. The van der Waals surface area contributed by atoms with Crippen LogP contribution in [0, 0.1) is 12.3 Å². The van der Waals surface area contributed by atoms with Gasteiger partial charge in [-0.05, 0) is 12.3 Å². The molecule has 0 aliphatic carbocycles. The number of hydrogen-bond acceptors (Lipinski definition) is 5. The average Bonchev–Trinajstić information content (AvgIpc) is 2.23. The van der Waals surface area contributed by atoms with Gasteiger partial charge in [-0.1, -0.05) is 20.8 Å². The standard InChI is InChI=1S/C12H19N3O3/c1-7-8(10(17)18)5-13-11(14-7)15-9(6-16)12(2,3)4/h5,9,16H,6H2,1-4H3,(H,17,18)(H,13,14,15)/t9-/m1/s1. The Hall–Kier alpha value is -1.69. The normalized spacial score (nSPS) is 13.2. The van der Waals surface area contributed by atoms with Crippen LogP contribution in [0.25, 0.3) is 0 Å². The van der Waals surface area contributed by atoms with Crippen LogP contribution in [0.4, 0.5) is 5.95 Å². The van der Waals surface area contributed by atoms with Gasteiger partial charge in [-0.25, -0.2) is 14.8 Å². The van der Waals surface area contributed by atoms with E-state index in [-0.39, 0.29) is 23.6 Å². The number of nitrogens with zero attached hydrogens (tertiary/aromatic N) is 2. The molecule has 0 saturated carbocycles. The van der Waals surface area contributed by atoms with E-state index in [0.29, 0.717) is 11.6 Å². The quantitative estimate of drug-likeness (QED) is 0.748. The molecule has 6 heteroatoms. The predicted molar refractivity (Wildman–Crippen MR) is 67.7 cm³/mol. The van der Waals surface area contributed by atoms with Crippen molar-refractivity contribution in [3.63, 3.8) is 0 Å². The highest BCUT2D eigenvalue weighted by Gasteiger charge is 2.24. The highest BCUT2D eigenvalue weighted by Crippen LogP contribution is 2.21. The number of hydrogen-bond donors (Lipinski definition) is 3. The molecule has 1 atom stereocenters. The lowest BCUT2D eigenvalue weighted by Gasteiger charge is -2.29. The molecule has 100 valence electrons. The van der Waals surface area contributed by atoms with Crippen molar-refractivity contribution in [1.29, 1.82) is 0 Å². The van der Waals surface area contributed by atoms with Crippen LogP contribution >= 0.6 is 0 Å². The zero-order valence-corrected chi connectivity index (χ0v) is 11.1. The number of aryl methyl sites for hydroxylation is 1. The molecule has 0 aliphatic rings. The highest BCUT2D eigenvalue weighted by molar-refractivity contribution is 5.88. The van der Waals surface area contributed by atoms with Gasteiger partial charge in [-0.15, -0.1) is 0 Å². The third-order valence-electron chi connectivity index (χ3n) is 2.74. The summed E-state index contributed by atoms with van der Waals surface area (Å²) in [6, 6.07) is -0.201. The SMILES string of the molecule is Cc1nc(N[C@H](CO)C(C)(C)C)ncc1C(=O)O. The fraction of sp³-hybridized carbons (Fsp3) is 0.583. The molecule has 18 heavy (non-hydrogen) atoms. The summed E-state index contributed by atoms with van der Waals surface area (Å²) >= 11 is 0. The van der Waals surface area contributed by atoms with Gasteiger partial charge < -0.3 is 15.5 Å². The van der Waals surface area contributed by atoms with Crippen LogP contribution in [-0.4, -0.2) is 38.8 Å². The molecule has 1 aromatic heterocycles. The largest absolute Gasteiger partial charge is 0.478 e. The molecule has 0 saturated heterocycles. The lowest BCUT2D eigenvalue weighted by atomic mass is 9.87. The summed E-state index contributed by atoms with van der Waals surface area (Å²) in [6.07, 6.45) is 1.27. The van der Waals surface area contributed by atoms with Gasteiger partial charge >= 0.3 is 5.97 Å². The number of anilines is 1. The van der Waals surface area contributed by atoms with Gasteiger partial charge in [0.25, 0.3) is 0 Å². The number of carbonyl (C=O) groups is 1. The third-order valence-corrected chi connectivity index (χ3v) is 2.74. The van der Waals surface area contributed by atoms with E-state index >= 15 is 0 Å². The van der Waals surface area contributed by atoms with Crippen LogP contribution in [0.15, 0.2) is 6.20 Å². The zero-order valence-electron chi connectivity index (χ0n) is 11.1. The molecular weight excluding hydrogens is 234 g/mol. The Bertz CT molecular complexity index is 441. The molecule has 0 aromatic carbocycles. The van der Waals surface area contributed by atoms with Crippen LogP contribution in [-0.2, 0) is 0 Å². The number of aromatic nitrogens is 2. The average molecular weight is 253 g/mol. The first-order valence-electron chi connectivity index (χ1n) is 5.70. The number of aliphatic hydroxyl groups excluding tert-OH is 1. The third kappa shape index (κ3) is 3.40. The number of aliphatic hydroxyl groups is 1. The second kappa shape index (κ2) is 5.30. The zero-order chi connectivity index (χ0) is 13.9. The second-order valence-corrected chi connectivity index (χ2v) is 5.24. The molecule has 3 N–H and O–H groups in total. The predicted octanol–water partition coefficient (Wildman–Crippen LogP) is 1.30. The molecule has 1 rings (SSSR count). The number of nitrogens with one attached hydrogen (secondary N) is 1. The Morgan fingerprint density at radius 2 is 2.11 bits per heavy atom. The monoisotopic (exact) mass is 253 g/mol. The molecule has 0 radical (unpaired) electrons. The summed E-state index contributed by atoms with van der Waals surface area (Å²) in [4.78, 5) is 18.9. The Morgan fingerprint density at radius 1 is 1.50 bits per heavy atom. The lowest BCUT2D eigenvalue weighted by Crippen LogP contribution is -2.37. The first-order chi connectivity index (χ1) is 8.25. The summed E-state index contributed by atoms with van der Waals surface area (Å²) < 4.78 is 0. The van der Waals surface area contributed by atoms with Gasteiger partial charge in [0, 0.05) is 6.20 Å². The van der Waals surface area contributed by atoms with Crippen LogP contribution in [0.2, 0.25) is 0 Å². The first-order valence-corrected chi connectivity index (χ1v) is 5.70. The van der Waals surface area contributed by atoms with E-state index < -0.39 is 5.97 Å². The van der Waals surface area contributed by atoms with E-state index in [4.69, 9.17) is 5.11 Å². The van der Waals surface area contributed by atoms with Gasteiger partial charge in [-0.3, -0.25) is 0 Å². The maximum atomic E-state index is 10.8. The van der Waals surface area contributed by atoms with Crippen molar-refractivity contribution in [2.24, 2.45) is 5.41 Å². The van der Waals surface area contributed by atoms with E-state index in [1.54, 1.807) is 6.92 Å². The van der Waals surface area contributed by atoms with Crippen molar-refractivity contribution in [2.75, 3.05) is 11.9 Å². The van der Waals surface area contributed by atoms with Crippen LogP contribution < -0.4 is 5.32 Å². The molecule has 0 unspecified atom stereocenters. The van der Waals surface area contributed by atoms with Gasteiger partial charge in [0.2, 0.25) is 5.95 Å². The van der Waals surface area contributed by atoms with Crippen molar-refractivity contribution < 1.29 is 15.0 Å². The van der Waals surface area contributed by atoms with Crippen molar-refractivity contribution in [2.45, 2.75) is 33.7 Å². The Kier molecular flexibility index (Phi) is 4.24. The van der Waals surface area contributed by atoms with E-state index in [9.17, 15) is 9.90 Å². The topological polar surface area (TPSA) is 95.3 Å². The molecule has 0 aliphatic heterocycles. The molecule has 0 amide bonds. The van der Waals surface area contributed by atoms with Gasteiger partial charge in [0.15, 0.2) is 0 Å². The van der Waals surface area contributed by atoms with Gasteiger partial charge in [0.1, 0.15) is 0 Å². The molecule has 0 spiro atoms. The van der Waals surface area contributed by atoms with Crippen LogP contribution in [0.1, 0.15) is 36.8 Å². The Balaban J connectivity index is 2.92. The molecule has 1 aromatic rings. The van der Waals surface area contributed by atoms with Crippen molar-refractivity contribution in [1.82, 2.24) is 9.97 Å². The van der Waals surface area contributed by atoms with Crippen LogP contribution in [0.3, 0.4) is 0 Å². The molecule has 6 nitrogen and oxygen atoms in total. The van der Waals surface area contributed by atoms with E-state index in [1.165, 1.54) is 6.20 Å². The lowest BCUT2D eigenvalue weighted by molar-refractivity contribution is 0.0695. The summed E-state index contributed by atoms with van der Waals surface area (Å²) in [6.45, 7) is 7.52. The van der Waals surface area contributed by atoms with Crippen molar-refractivity contribution in [3.8, 4) is 0 Å². The van der Waals surface area contributed by atoms with Gasteiger partial charge in [0.05, 0.1) is 23.9 Å². The van der Waals surface area contributed by atoms with E-state index in [0.717, 1.165) is 0 Å².